The van der Waals surface area contributed by atoms with Crippen LogP contribution < -0.4 is 0 Å². The molecule has 1 heterocycles. The van der Waals surface area contributed by atoms with E-state index in [1.54, 1.807) is 47.4 Å². The fraction of sp³-hybridized carbons (Fsp3) is 0.211. The summed E-state index contributed by atoms with van der Waals surface area (Å²) in [6, 6.07) is 11.8. The van der Waals surface area contributed by atoms with E-state index in [1.807, 2.05) is 13.8 Å². The standard InChI is InChI=1S/C19H16Cl3N3O2/c1-11(2)25(19(26)13-5-8-15(21)16(22)9-13)10-17-23-18(24-27-17)12-3-6-14(20)7-4-12/h3-9,11H,10H2,1-2H3. The van der Waals surface area contributed by atoms with Crippen molar-refractivity contribution in [1.29, 1.82) is 0 Å². The number of benzene rings is 2. The Bertz CT molecular complexity index is 955. The van der Waals surface area contributed by atoms with Gasteiger partial charge in [-0.2, -0.15) is 4.98 Å². The lowest BCUT2D eigenvalue weighted by Gasteiger charge is -2.25. The highest BCUT2D eigenvalue weighted by atomic mass is 35.5. The quantitative estimate of drug-likeness (QED) is 0.523. The van der Waals surface area contributed by atoms with E-state index < -0.39 is 0 Å². The minimum Gasteiger partial charge on any atom is -0.337 e. The van der Waals surface area contributed by atoms with Gasteiger partial charge in [0.25, 0.3) is 5.91 Å². The molecule has 0 saturated carbocycles. The van der Waals surface area contributed by atoms with Gasteiger partial charge in [0.15, 0.2) is 0 Å². The van der Waals surface area contributed by atoms with E-state index in [2.05, 4.69) is 10.1 Å². The normalized spacial score (nSPS) is 11.0. The molecule has 0 aliphatic rings. The first kappa shape index (κ1) is 19.7. The molecule has 2 aromatic carbocycles. The molecule has 3 aromatic rings. The van der Waals surface area contributed by atoms with Crippen LogP contribution in [0.15, 0.2) is 47.0 Å². The average Bonchev–Trinajstić information content (AvgIpc) is 3.10. The molecule has 8 heteroatoms. The van der Waals surface area contributed by atoms with Gasteiger partial charge in [-0.05, 0) is 56.3 Å². The first-order valence-corrected chi connectivity index (χ1v) is 9.33. The summed E-state index contributed by atoms with van der Waals surface area (Å²) in [5.41, 5.74) is 1.22. The maximum Gasteiger partial charge on any atom is 0.254 e. The number of halogens is 3. The second-order valence-electron chi connectivity index (χ2n) is 6.17. The van der Waals surface area contributed by atoms with Gasteiger partial charge in [-0.3, -0.25) is 4.79 Å². The van der Waals surface area contributed by atoms with Crippen molar-refractivity contribution < 1.29 is 9.32 Å². The Morgan fingerprint density at radius 3 is 2.41 bits per heavy atom. The lowest BCUT2D eigenvalue weighted by Crippen LogP contribution is -2.36. The Balaban J connectivity index is 1.81. The Hall–Kier alpha value is -2.08. The lowest BCUT2D eigenvalue weighted by molar-refractivity contribution is 0.0667. The summed E-state index contributed by atoms with van der Waals surface area (Å²) in [6.45, 7) is 4.00. The fourth-order valence-electron chi connectivity index (χ4n) is 2.46. The third-order valence-electron chi connectivity index (χ3n) is 3.93. The number of hydrogen-bond acceptors (Lipinski definition) is 4. The summed E-state index contributed by atoms with van der Waals surface area (Å²) in [5, 5.41) is 5.33. The molecule has 0 saturated heterocycles. The number of hydrogen-bond donors (Lipinski definition) is 0. The van der Waals surface area contributed by atoms with Crippen LogP contribution in [0.5, 0.6) is 0 Å². The monoisotopic (exact) mass is 423 g/mol. The van der Waals surface area contributed by atoms with Crippen LogP contribution in [0.4, 0.5) is 0 Å². The van der Waals surface area contributed by atoms with Gasteiger partial charge in [0.2, 0.25) is 11.7 Å². The molecule has 0 radical (unpaired) electrons. The smallest absolute Gasteiger partial charge is 0.254 e. The average molecular weight is 425 g/mol. The van der Waals surface area contributed by atoms with Crippen molar-refractivity contribution in [1.82, 2.24) is 15.0 Å². The molecular formula is C19H16Cl3N3O2. The zero-order chi connectivity index (χ0) is 19.6. The molecular weight excluding hydrogens is 409 g/mol. The number of nitrogens with zero attached hydrogens (tertiary/aromatic N) is 3. The predicted molar refractivity (Wildman–Crippen MR) is 106 cm³/mol. The van der Waals surface area contributed by atoms with Crippen molar-refractivity contribution in [3.63, 3.8) is 0 Å². The van der Waals surface area contributed by atoms with Gasteiger partial charge in [0.1, 0.15) is 6.54 Å². The van der Waals surface area contributed by atoms with Crippen molar-refractivity contribution in [3.8, 4) is 11.4 Å². The van der Waals surface area contributed by atoms with Gasteiger partial charge >= 0.3 is 0 Å². The van der Waals surface area contributed by atoms with Crippen LogP contribution in [0.3, 0.4) is 0 Å². The summed E-state index contributed by atoms with van der Waals surface area (Å²) >= 11 is 17.9. The maximum atomic E-state index is 12.9. The highest BCUT2D eigenvalue weighted by Crippen LogP contribution is 2.24. The van der Waals surface area contributed by atoms with Gasteiger partial charge < -0.3 is 9.42 Å². The Morgan fingerprint density at radius 2 is 1.78 bits per heavy atom. The SMILES string of the molecule is CC(C)N(Cc1nc(-c2ccc(Cl)cc2)no1)C(=O)c1ccc(Cl)c(Cl)c1. The topological polar surface area (TPSA) is 59.2 Å². The molecule has 3 rings (SSSR count). The Labute approximate surface area is 171 Å². The molecule has 0 spiro atoms. The summed E-state index contributed by atoms with van der Waals surface area (Å²) < 4.78 is 5.32. The van der Waals surface area contributed by atoms with Crippen molar-refractivity contribution in [2.75, 3.05) is 0 Å². The van der Waals surface area contributed by atoms with Crippen molar-refractivity contribution >= 4 is 40.7 Å². The van der Waals surface area contributed by atoms with Gasteiger partial charge in [-0.15, -0.1) is 0 Å². The second kappa shape index (κ2) is 8.30. The molecule has 0 aliphatic carbocycles. The molecule has 1 amide bonds. The number of carbonyl (C=O) groups is 1. The van der Waals surface area contributed by atoms with Crippen molar-refractivity contribution in [2.45, 2.75) is 26.4 Å². The predicted octanol–water partition coefficient (Wildman–Crippen LogP) is 5.75. The fourth-order valence-corrected chi connectivity index (χ4v) is 2.89. The van der Waals surface area contributed by atoms with E-state index in [4.69, 9.17) is 39.3 Å². The maximum absolute atomic E-state index is 12.9. The highest BCUT2D eigenvalue weighted by Gasteiger charge is 2.22. The number of carbonyl (C=O) groups excluding carboxylic acids is 1. The molecule has 140 valence electrons. The van der Waals surface area contributed by atoms with E-state index in [1.165, 1.54) is 0 Å². The number of aromatic nitrogens is 2. The third-order valence-corrected chi connectivity index (χ3v) is 4.92. The van der Waals surface area contributed by atoms with Gasteiger partial charge in [-0.1, -0.05) is 40.0 Å². The number of amides is 1. The minimum absolute atomic E-state index is 0.0853. The van der Waals surface area contributed by atoms with Crippen molar-refractivity contribution in [3.05, 3.63) is 69.0 Å². The van der Waals surface area contributed by atoms with E-state index in [0.29, 0.717) is 32.3 Å². The first-order valence-electron chi connectivity index (χ1n) is 8.19. The number of rotatable bonds is 5. The van der Waals surface area contributed by atoms with E-state index in [9.17, 15) is 4.79 Å². The lowest BCUT2D eigenvalue weighted by atomic mass is 10.1. The van der Waals surface area contributed by atoms with E-state index >= 15 is 0 Å². The van der Waals surface area contributed by atoms with E-state index in [0.717, 1.165) is 5.56 Å². The largest absolute Gasteiger partial charge is 0.337 e. The first-order chi connectivity index (χ1) is 12.8. The minimum atomic E-state index is -0.199. The van der Waals surface area contributed by atoms with Gasteiger partial charge in [0, 0.05) is 22.2 Å². The molecule has 0 aliphatic heterocycles. The summed E-state index contributed by atoms with van der Waals surface area (Å²) in [6.07, 6.45) is 0. The van der Waals surface area contributed by atoms with Crippen LogP contribution in [0.2, 0.25) is 15.1 Å². The van der Waals surface area contributed by atoms with Crippen LogP contribution in [0, 0.1) is 0 Å². The molecule has 0 unspecified atom stereocenters. The van der Waals surface area contributed by atoms with Gasteiger partial charge in [-0.25, -0.2) is 0 Å². The Morgan fingerprint density at radius 1 is 1.07 bits per heavy atom. The van der Waals surface area contributed by atoms with E-state index in [-0.39, 0.29) is 18.5 Å². The molecule has 0 atom stereocenters. The molecule has 0 fully saturated rings. The summed E-state index contributed by atoms with van der Waals surface area (Å²) in [4.78, 5) is 18.9. The van der Waals surface area contributed by atoms with Crippen LogP contribution in [-0.4, -0.2) is 27.0 Å². The van der Waals surface area contributed by atoms with Crippen molar-refractivity contribution in [2.24, 2.45) is 0 Å². The van der Waals surface area contributed by atoms with Gasteiger partial charge in [0.05, 0.1) is 10.0 Å². The third kappa shape index (κ3) is 4.61. The Kier molecular flexibility index (Phi) is 6.05. The highest BCUT2D eigenvalue weighted by molar-refractivity contribution is 6.42. The summed E-state index contributed by atoms with van der Waals surface area (Å²) in [7, 11) is 0. The zero-order valence-electron chi connectivity index (χ0n) is 14.6. The molecule has 1 aromatic heterocycles. The molecule has 0 N–H and O–H groups in total. The van der Waals surface area contributed by atoms with Crippen LogP contribution >= 0.6 is 34.8 Å². The molecule has 5 nitrogen and oxygen atoms in total. The molecule has 27 heavy (non-hydrogen) atoms. The molecule has 0 bridgehead atoms. The second-order valence-corrected chi connectivity index (χ2v) is 7.43. The zero-order valence-corrected chi connectivity index (χ0v) is 16.9. The summed E-state index contributed by atoms with van der Waals surface area (Å²) in [5.74, 6) is 0.573. The van der Waals surface area contributed by atoms with Crippen LogP contribution in [-0.2, 0) is 6.54 Å². The van der Waals surface area contributed by atoms with Crippen LogP contribution in [0.1, 0.15) is 30.1 Å². The van der Waals surface area contributed by atoms with Crippen LogP contribution in [0.25, 0.3) is 11.4 Å².